The van der Waals surface area contributed by atoms with E-state index in [9.17, 15) is 18.7 Å². The molecule has 13 heteroatoms. The zero-order chi connectivity index (χ0) is 31.8. The third kappa shape index (κ3) is 4.36. The molecule has 0 saturated carbocycles. The van der Waals surface area contributed by atoms with Gasteiger partial charge in [-0.3, -0.25) is 4.99 Å². The van der Waals surface area contributed by atoms with E-state index in [4.69, 9.17) is 8.94 Å². The summed E-state index contributed by atoms with van der Waals surface area (Å²) in [6, 6.07) is 13.1. The van der Waals surface area contributed by atoms with E-state index in [1.807, 2.05) is 0 Å². The van der Waals surface area contributed by atoms with Gasteiger partial charge in [0.2, 0.25) is 0 Å². The second-order valence-corrected chi connectivity index (χ2v) is 11.5. The van der Waals surface area contributed by atoms with E-state index in [1.165, 1.54) is 51.3 Å². The highest BCUT2D eigenvalue weighted by Crippen LogP contribution is 2.66. The van der Waals surface area contributed by atoms with Crippen molar-refractivity contribution >= 4 is 45.4 Å². The fraction of sp³-hybridized carbons (Fsp3) is 0.194. The summed E-state index contributed by atoms with van der Waals surface area (Å²) in [4.78, 5) is 16.2. The molecule has 1 aliphatic rings. The van der Waals surface area contributed by atoms with Crippen molar-refractivity contribution in [3.63, 3.8) is 0 Å². The number of phenols is 1. The molecule has 0 saturated heterocycles. The number of aromatic nitrogens is 1. The Morgan fingerprint density at radius 1 is 0.909 bits per heavy atom. The lowest BCUT2D eigenvalue weighted by Crippen LogP contribution is -2.49. The van der Waals surface area contributed by atoms with Gasteiger partial charge in [-0.05, 0) is 80.4 Å². The maximum Gasteiger partial charge on any atom is 0.380 e. The number of halogens is 6. The number of hydrogen-bond acceptors (Lipinski definition) is 7. The Morgan fingerprint density at radius 3 is 2.34 bits per heavy atom. The van der Waals surface area contributed by atoms with Crippen LogP contribution in [0, 0.1) is 20.8 Å². The summed E-state index contributed by atoms with van der Waals surface area (Å²) in [5.74, 6) is -16.6. The maximum atomic E-state index is 15.4. The standard InChI is InChI=1S/C31H20F6N2O4S/c1-14-26(15(2)43-39-14)28-27(29(32,33)31(36,37)30(28,34)35)21-12-24(44-16(21)3)18-4-7-22(40)19(10-18)13-38-20-6-8-23-17(11-20)5-9-25(41)42-23/h4-13,40H,1-3H3. The van der Waals surface area contributed by atoms with Crippen LogP contribution >= 0.6 is 11.3 Å². The van der Waals surface area contributed by atoms with Crippen molar-refractivity contribution in [2.75, 3.05) is 0 Å². The Morgan fingerprint density at radius 2 is 1.64 bits per heavy atom. The predicted octanol–water partition coefficient (Wildman–Crippen LogP) is 8.72. The molecule has 226 valence electrons. The van der Waals surface area contributed by atoms with Crippen LogP contribution in [0.15, 0.2) is 73.3 Å². The van der Waals surface area contributed by atoms with Gasteiger partial charge in [0, 0.05) is 44.1 Å². The molecule has 0 fully saturated rings. The van der Waals surface area contributed by atoms with E-state index in [0.717, 1.165) is 17.4 Å². The van der Waals surface area contributed by atoms with Crippen LogP contribution < -0.4 is 5.63 Å². The number of fused-ring (bicyclic) bond motifs is 1. The molecule has 0 radical (unpaired) electrons. The fourth-order valence-corrected chi connectivity index (χ4v) is 6.24. The topological polar surface area (TPSA) is 88.8 Å². The number of alkyl halides is 6. The van der Waals surface area contributed by atoms with Gasteiger partial charge in [0.05, 0.1) is 17.0 Å². The van der Waals surface area contributed by atoms with Crippen LogP contribution in [-0.2, 0) is 0 Å². The highest BCUT2D eigenvalue weighted by Gasteiger charge is 2.80. The van der Waals surface area contributed by atoms with Crippen molar-refractivity contribution in [1.82, 2.24) is 5.16 Å². The summed E-state index contributed by atoms with van der Waals surface area (Å²) in [6.07, 6.45) is 1.35. The lowest BCUT2D eigenvalue weighted by molar-refractivity contribution is -0.254. The first-order valence-electron chi connectivity index (χ1n) is 13.0. The minimum Gasteiger partial charge on any atom is -0.507 e. The van der Waals surface area contributed by atoms with Gasteiger partial charge in [-0.25, -0.2) is 4.79 Å². The molecule has 1 aliphatic carbocycles. The van der Waals surface area contributed by atoms with Crippen molar-refractivity contribution in [1.29, 1.82) is 0 Å². The highest BCUT2D eigenvalue weighted by molar-refractivity contribution is 7.15. The molecular weight excluding hydrogens is 610 g/mol. The van der Waals surface area contributed by atoms with Gasteiger partial charge in [-0.2, -0.15) is 26.3 Å². The summed E-state index contributed by atoms with van der Waals surface area (Å²) in [5.41, 5.74) is -3.35. The molecule has 0 spiro atoms. The van der Waals surface area contributed by atoms with Crippen molar-refractivity contribution < 1.29 is 40.4 Å². The van der Waals surface area contributed by atoms with Crippen molar-refractivity contribution in [2.45, 2.75) is 38.5 Å². The van der Waals surface area contributed by atoms with E-state index in [-0.39, 0.29) is 27.6 Å². The second kappa shape index (κ2) is 9.94. The van der Waals surface area contributed by atoms with E-state index in [2.05, 4.69) is 10.1 Å². The Labute approximate surface area is 248 Å². The van der Waals surface area contributed by atoms with Crippen LogP contribution in [0.2, 0.25) is 0 Å². The lowest BCUT2D eigenvalue weighted by atomic mass is 9.93. The molecule has 0 unspecified atom stereocenters. The van der Waals surface area contributed by atoms with Crippen LogP contribution in [-0.4, -0.2) is 34.2 Å². The van der Waals surface area contributed by atoms with Gasteiger partial charge in [-0.1, -0.05) is 5.16 Å². The Bertz CT molecular complexity index is 2070. The summed E-state index contributed by atoms with van der Waals surface area (Å²) < 4.78 is 101. The van der Waals surface area contributed by atoms with Gasteiger partial charge in [0.25, 0.3) is 0 Å². The molecule has 0 aliphatic heterocycles. The number of allylic oxidation sites excluding steroid dienone is 2. The van der Waals surface area contributed by atoms with Gasteiger partial charge in [0.15, 0.2) is 0 Å². The molecule has 3 aromatic heterocycles. The summed E-state index contributed by atoms with van der Waals surface area (Å²) >= 11 is 0.936. The summed E-state index contributed by atoms with van der Waals surface area (Å²) in [5, 5.41) is 14.6. The molecule has 6 rings (SSSR count). The number of aromatic hydroxyl groups is 1. The number of aliphatic imine (C=N–C) groups is 1. The van der Waals surface area contributed by atoms with Crippen molar-refractivity contribution in [2.24, 2.45) is 4.99 Å². The quantitative estimate of drug-likeness (QED) is 0.119. The number of hydrogen-bond donors (Lipinski definition) is 1. The minimum atomic E-state index is -5.72. The molecule has 0 bridgehead atoms. The Balaban J connectivity index is 1.44. The first-order chi connectivity index (χ1) is 20.6. The Kier molecular flexibility index (Phi) is 6.65. The Hall–Kier alpha value is -4.65. The molecule has 2 aromatic carbocycles. The third-order valence-electron chi connectivity index (χ3n) is 7.40. The molecule has 0 atom stereocenters. The number of phenolic OH excluding ortho intramolecular Hbond substituents is 1. The molecule has 0 amide bonds. The first kappa shape index (κ1) is 29.4. The highest BCUT2D eigenvalue weighted by atomic mass is 32.1. The van der Waals surface area contributed by atoms with Gasteiger partial charge < -0.3 is 14.0 Å². The first-order valence-corrected chi connectivity index (χ1v) is 13.8. The van der Waals surface area contributed by atoms with Gasteiger partial charge in [0.1, 0.15) is 17.1 Å². The van der Waals surface area contributed by atoms with E-state index < -0.39 is 45.7 Å². The fourth-order valence-electron chi connectivity index (χ4n) is 5.22. The molecule has 3 heterocycles. The van der Waals surface area contributed by atoms with Crippen LogP contribution in [0.4, 0.5) is 32.0 Å². The monoisotopic (exact) mass is 630 g/mol. The van der Waals surface area contributed by atoms with Crippen LogP contribution in [0.1, 0.15) is 33.0 Å². The van der Waals surface area contributed by atoms with Crippen LogP contribution in [0.5, 0.6) is 5.75 Å². The zero-order valence-electron chi connectivity index (χ0n) is 23.0. The van der Waals surface area contributed by atoms with Crippen LogP contribution in [0.3, 0.4) is 0 Å². The molecule has 5 aromatic rings. The normalized spacial score (nSPS) is 17.3. The number of nitrogens with zero attached hydrogens (tertiary/aromatic N) is 2. The van der Waals surface area contributed by atoms with E-state index in [0.29, 0.717) is 27.1 Å². The second-order valence-electron chi connectivity index (χ2n) is 10.3. The van der Waals surface area contributed by atoms with Crippen molar-refractivity contribution in [3.8, 4) is 16.2 Å². The number of aryl methyl sites for hydroxylation is 3. The van der Waals surface area contributed by atoms with Crippen molar-refractivity contribution in [3.05, 3.63) is 98.0 Å². The lowest BCUT2D eigenvalue weighted by Gasteiger charge is -2.25. The molecular formula is C31H20F6N2O4S. The number of benzene rings is 2. The molecule has 44 heavy (non-hydrogen) atoms. The third-order valence-corrected chi connectivity index (χ3v) is 8.50. The predicted molar refractivity (Wildman–Crippen MR) is 154 cm³/mol. The maximum absolute atomic E-state index is 15.4. The number of thiophene rings is 1. The van der Waals surface area contributed by atoms with Gasteiger partial charge in [-0.15, -0.1) is 11.3 Å². The average Bonchev–Trinajstić information content (AvgIpc) is 3.53. The van der Waals surface area contributed by atoms with Gasteiger partial charge >= 0.3 is 23.4 Å². The average molecular weight is 631 g/mol. The summed E-state index contributed by atoms with van der Waals surface area (Å²) in [6.45, 7) is 3.77. The zero-order valence-corrected chi connectivity index (χ0v) is 23.8. The molecule has 6 nitrogen and oxygen atoms in total. The van der Waals surface area contributed by atoms with Crippen LogP contribution in [0.25, 0.3) is 32.6 Å². The smallest absolute Gasteiger partial charge is 0.380 e. The van der Waals surface area contributed by atoms with E-state index in [1.54, 1.807) is 24.3 Å². The van der Waals surface area contributed by atoms with E-state index >= 15 is 17.6 Å². The summed E-state index contributed by atoms with van der Waals surface area (Å²) in [7, 11) is 0. The largest absolute Gasteiger partial charge is 0.507 e. The SMILES string of the molecule is Cc1noc(C)c1C1=C(c2cc(-c3ccc(O)c(C=Nc4ccc5oc(=O)ccc5c4)c3)sc2C)C(F)(F)C(F)(F)C1(F)F. The minimum absolute atomic E-state index is 0.0959. The number of rotatable bonds is 5. The molecule has 1 N–H and O–H groups in total.